The molecule has 6 nitrogen and oxygen atoms in total. The predicted molar refractivity (Wildman–Crippen MR) is 102 cm³/mol. The summed E-state index contributed by atoms with van der Waals surface area (Å²) >= 11 is 2.72. The van der Waals surface area contributed by atoms with Crippen molar-refractivity contribution in [3.05, 3.63) is 75.3 Å². The zero-order chi connectivity index (χ0) is 18.5. The van der Waals surface area contributed by atoms with E-state index in [1.54, 1.807) is 12.3 Å². The number of aromatic nitrogens is 1. The van der Waals surface area contributed by atoms with E-state index in [0.29, 0.717) is 10.6 Å². The molecular formula is C18H14N2O4S2. The second-order valence-electron chi connectivity index (χ2n) is 5.23. The summed E-state index contributed by atoms with van der Waals surface area (Å²) in [5, 5.41) is 13.8. The van der Waals surface area contributed by atoms with E-state index >= 15 is 0 Å². The maximum absolute atomic E-state index is 12.2. The number of carbonyl (C=O) groups is 1. The molecule has 3 aromatic rings. The zero-order valence-corrected chi connectivity index (χ0v) is 15.4. The summed E-state index contributed by atoms with van der Waals surface area (Å²) in [6.07, 6.45) is 1.74. The minimum Gasteiger partial charge on any atom is -0.456 e. The van der Waals surface area contributed by atoms with Crippen LogP contribution in [-0.4, -0.2) is 22.1 Å². The maximum atomic E-state index is 12.2. The van der Waals surface area contributed by atoms with Crippen LogP contribution in [0, 0.1) is 10.1 Å². The van der Waals surface area contributed by atoms with Crippen molar-refractivity contribution < 1.29 is 14.5 Å². The number of hydrogen-bond donors (Lipinski definition) is 0. The molecule has 0 aliphatic heterocycles. The first-order valence-corrected chi connectivity index (χ1v) is 9.68. The Hall–Kier alpha value is -2.71. The Morgan fingerprint density at radius 3 is 2.73 bits per heavy atom. The highest BCUT2D eigenvalue weighted by atomic mass is 32.2. The van der Waals surface area contributed by atoms with Gasteiger partial charge in [0.1, 0.15) is 11.6 Å². The zero-order valence-electron chi connectivity index (χ0n) is 13.7. The first-order chi connectivity index (χ1) is 12.6. The molecule has 1 aromatic heterocycles. The molecule has 0 radical (unpaired) electrons. The van der Waals surface area contributed by atoms with E-state index < -0.39 is 10.9 Å². The molecule has 0 fully saturated rings. The number of rotatable bonds is 6. The average molecular weight is 386 g/mol. The van der Waals surface area contributed by atoms with E-state index in [4.69, 9.17) is 4.74 Å². The Bertz CT molecular complexity index is 941. The van der Waals surface area contributed by atoms with Gasteiger partial charge in [0.2, 0.25) is 0 Å². The van der Waals surface area contributed by atoms with Gasteiger partial charge in [-0.15, -0.1) is 23.1 Å². The maximum Gasteiger partial charge on any atom is 0.338 e. The van der Waals surface area contributed by atoms with Crippen LogP contribution in [0.1, 0.15) is 16.1 Å². The Kier molecular flexibility index (Phi) is 5.65. The van der Waals surface area contributed by atoms with Crippen LogP contribution in [0.4, 0.5) is 5.69 Å². The molecular weight excluding hydrogens is 372 g/mol. The van der Waals surface area contributed by atoms with Crippen molar-refractivity contribution >= 4 is 34.8 Å². The second kappa shape index (κ2) is 8.11. The average Bonchev–Trinajstić information content (AvgIpc) is 3.15. The van der Waals surface area contributed by atoms with Crippen molar-refractivity contribution in [2.75, 3.05) is 6.26 Å². The molecule has 0 aliphatic carbocycles. The fourth-order valence-electron chi connectivity index (χ4n) is 2.27. The summed E-state index contributed by atoms with van der Waals surface area (Å²) in [6, 6.07) is 14.0. The topological polar surface area (TPSA) is 82.3 Å². The summed E-state index contributed by atoms with van der Waals surface area (Å²) in [4.78, 5) is 27.7. The summed E-state index contributed by atoms with van der Waals surface area (Å²) in [6.45, 7) is 0.0141. The summed E-state index contributed by atoms with van der Waals surface area (Å²) in [7, 11) is 0. The molecule has 2 aromatic carbocycles. The SMILES string of the molecule is CSc1ccc(C(=O)OCc2csc(-c3ccccc3)n2)cc1[N+](=O)[O-]. The van der Waals surface area contributed by atoms with Crippen LogP contribution in [0.5, 0.6) is 0 Å². The molecule has 0 spiro atoms. The number of benzene rings is 2. The number of carbonyl (C=O) groups excluding carboxylic acids is 1. The van der Waals surface area contributed by atoms with Crippen LogP contribution in [0.3, 0.4) is 0 Å². The van der Waals surface area contributed by atoms with Gasteiger partial charge in [-0.05, 0) is 18.4 Å². The van der Waals surface area contributed by atoms with Crippen molar-refractivity contribution in [3.8, 4) is 10.6 Å². The number of ether oxygens (including phenoxy) is 1. The summed E-state index contributed by atoms with van der Waals surface area (Å²) in [5.74, 6) is -0.616. The van der Waals surface area contributed by atoms with Gasteiger partial charge in [-0.2, -0.15) is 0 Å². The third-order valence-corrected chi connectivity index (χ3v) is 5.26. The molecule has 0 amide bonds. The summed E-state index contributed by atoms with van der Waals surface area (Å²) < 4.78 is 5.25. The van der Waals surface area contributed by atoms with Crippen molar-refractivity contribution in [2.24, 2.45) is 0 Å². The van der Waals surface area contributed by atoms with Gasteiger partial charge in [-0.1, -0.05) is 30.3 Å². The van der Waals surface area contributed by atoms with Crippen molar-refractivity contribution in [1.29, 1.82) is 0 Å². The van der Waals surface area contributed by atoms with Crippen LogP contribution >= 0.6 is 23.1 Å². The lowest BCUT2D eigenvalue weighted by Gasteiger charge is -2.05. The van der Waals surface area contributed by atoms with E-state index in [2.05, 4.69) is 4.98 Å². The molecule has 0 saturated carbocycles. The van der Waals surface area contributed by atoms with E-state index in [1.165, 1.54) is 35.2 Å². The molecule has 3 rings (SSSR count). The molecule has 132 valence electrons. The first-order valence-electron chi connectivity index (χ1n) is 7.58. The van der Waals surface area contributed by atoms with Gasteiger partial charge >= 0.3 is 5.97 Å². The highest BCUT2D eigenvalue weighted by Gasteiger charge is 2.18. The molecule has 0 atom stereocenters. The molecule has 8 heteroatoms. The lowest BCUT2D eigenvalue weighted by atomic mass is 10.2. The van der Waals surface area contributed by atoms with Gasteiger partial charge < -0.3 is 4.74 Å². The predicted octanol–water partition coefficient (Wildman–Crippen LogP) is 4.80. The Morgan fingerprint density at radius 2 is 2.04 bits per heavy atom. The highest BCUT2D eigenvalue weighted by molar-refractivity contribution is 7.98. The molecule has 0 saturated heterocycles. The van der Waals surface area contributed by atoms with Crippen molar-refractivity contribution in [2.45, 2.75) is 11.5 Å². The lowest BCUT2D eigenvalue weighted by Crippen LogP contribution is -2.06. The van der Waals surface area contributed by atoms with Crippen LogP contribution in [0.15, 0.2) is 58.8 Å². The van der Waals surface area contributed by atoms with Gasteiger partial charge in [0.25, 0.3) is 5.69 Å². The van der Waals surface area contributed by atoms with Gasteiger partial charge in [0.05, 0.1) is 21.1 Å². The first kappa shape index (κ1) is 18.1. The molecule has 0 aliphatic rings. The molecule has 1 heterocycles. The van der Waals surface area contributed by atoms with Crippen molar-refractivity contribution in [1.82, 2.24) is 4.98 Å². The largest absolute Gasteiger partial charge is 0.456 e. The van der Waals surface area contributed by atoms with Gasteiger partial charge in [0, 0.05) is 17.0 Å². The van der Waals surface area contributed by atoms with Crippen LogP contribution in [-0.2, 0) is 11.3 Å². The monoisotopic (exact) mass is 386 g/mol. The molecule has 0 unspecified atom stereocenters. The number of esters is 1. The third-order valence-electron chi connectivity index (χ3n) is 3.53. The number of nitrogens with zero attached hydrogens (tertiary/aromatic N) is 2. The van der Waals surface area contributed by atoms with Crippen LogP contribution in [0.25, 0.3) is 10.6 Å². The third kappa shape index (κ3) is 4.09. The van der Waals surface area contributed by atoms with E-state index in [1.807, 2.05) is 35.7 Å². The van der Waals surface area contributed by atoms with Crippen LogP contribution in [0.2, 0.25) is 0 Å². The Labute approximate surface area is 158 Å². The Balaban J connectivity index is 1.69. The highest BCUT2D eigenvalue weighted by Crippen LogP contribution is 2.29. The van der Waals surface area contributed by atoms with Gasteiger partial charge in [-0.3, -0.25) is 10.1 Å². The number of nitro groups is 1. The number of thioether (sulfide) groups is 1. The number of hydrogen-bond acceptors (Lipinski definition) is 7. The molecule has 0 N–H and O–H groups in total. The second-order valence-corrected chi connectivity index (χ2v) is 6.94. The Morgan fingerprint density at radius 1 is 1.27 bits per heavy atom. The fourth-order valence-corrected chi connectivity index (χ4v) is 3.63. The number of nitro benzene ring substituents is 1. The fraction of sp³-hybridized carbons (Fsp3) is 0.111. The summed E-state index contributed by atoms with van der Waals surface area (Å²) in [5.41, 5.74) is 1.68. The lowest BCUT2D eigenvalue weighted by molar-refractivity contribution is -0.387. The minimum atomic E-state index is -0.616. The van der Waals surface area contributed by atoms with E-state index in [-0.39, 0.29) is 17.9 Å². The molecule has 0 bridgehead atoms. The van der Waals surface area contributed by atoms with E-state index in [0.717, 1.165) is 10.6 Å². The normalized spacial score (nSPS) is 10.5. The number of thiazole rings is 1. The van der Waals surface area contributed by atoms with E-state index in [9.17, 15) is 14.9 Å². The van der Waals surface area contributed by atoms with Crippen molar-refractivity contribution in [3.63, 3.8) is 0 Å². The molecule has 26 heavy (non-hydrogen) atoms. The van der Waals surface area contributed by atoms with Gasteiger partial charge in [-0.25, -0.2) is 9.78 Å². The quantitative estimate of drug-likeness (QED) is 0.262. The van der Waals surface area contributed by atoms with Gasteiger partial charge in [0.15, 0.2) is 0 Å². The smallest absolute Gasteiger partial charge is 0.338 e. The standard InChI is InChI=1S/C18H14N2O4S2/c1-25-16-8-7-13(9-15(16)20(22)23)18(21)24-10-14-11-26-17(19-14)12-5-3-2-4-6-12/h2-9,11H,10H2,1H3. The van der Waals surface area contributed by atoms with Crippen LogP contribution < -0.4 is 0 Å². The minimum absolute atomic E-state index is 0.0141.